The van der Waals surface area contributed by atoms with Gasteiger partial charge in [0.05, 0.1) is 5.92 Å². The molecule has 116 valence electrons. The van der Waals surface area contributed by atoms with Crippen LogP contribution >= 0.6 is 12.4 Å². The highest BCUT2D eigenvalue weighted by Gasteiger charge is 2.29. The van der Waals surface area contributed by atoms with Gasteiger partial charge in [-0.25, -0.2) is 0 Å². The Bertz CT molecular complexity index is 332. The van der Waals surface area contributed by atoms with E-state index < -0.39 is 0 Å². The van der Waals surface area contributed by atoms with Crippen molar-refractivity contribution in [1.29, 1.82) is 0 Å². The quantitative estimate of drug-likeness (QED) is 0.810. The van der Waals surface area contributed by atoms with E-state index in [1.54, 1.807) is 7.05 Å². The van der Waals surface area contributed by atoms with E-state index >= 15 is 0 Å². The molecule has 0 bridgehead atoms. The SMILES string of the molecule is CNC(=O)C1CCCN(C(=O)CC2CCNCC2)C1.Cl. The van der Waals surface area contributed by atoms with Gasteiger partial charge in [-0.15, -0.1) is 12.4 Å². The number of carbonyl (C=O) groups is 2. The van der Waals surface area contributed by atoms with Gasteiger partial charge in [0.15, 0.2) is 0 Å². The van der Waals surface area contributed by atoms with Crippen molar-refractivity contribution in [2.24, 2.45) is 11.8 Å². The summed E-state index contributed by atoms with van der Waals surface area (Å²) in [4.78, 5) is 25.9. The van der Waals surface area contributed by atoms with Crippen LogP contribution in [-0.2, 0) is 9.59 Å². The highest BCUT2D eigenvalue weighted by molar-refractivity contribution is 5.85. The molecule has 1 atom stereocenters. The predicted molar refractivity (Wildman–Crippen MR) is 80.8 cm³/mol. The maximum absolute atomic E-state index is 12.3. The van der Waals surface area contributed by atoms with E-state index in [-0.39, 0.29) is 30.1 Å². The van der Waals surface area contributed by atoms with Crippen molar-refractivity contribution >= 4 is 24.2 Å². The molecule has 2 saturated heterocycles. The van der Waals surface area contributed by atoms with Crippen LogP contribution in [0.1, 0.15) is 32.1 Å². The Hall–Kier alpha value is -0.810. The Labute approximate surface area is 127 Å². The molecule has 2 aliphatic heterocycles. The Morgan fingerprint density at radius 3 is 2.60 bits per heavy atom. The molecule has 2 heterocycles. The third kappa shape index (κ3) is 4.63. The fourth-order valence-corrected chi connectivity index (χ4v) is 3.08. The molecular weight excluding hydrogens is 278 g/mol. The fraction of sp³-hybridized carbons (Fsp3) is 0.857. The lowest BCUT2D eigenvalue weighted by Crippen LogP contribution is -2.45. The van der Waals surface area contributed by atoms with Crippen LogP contribution in [-0.4, -0.2) is 49.9 Å². The number of nitrogens with zero attached hydrogens (tertiary/aromatic N) is 1. The van der Waals surface area contributed by atoms with E-state index in [0.717, 1.165) is 45.3 Å². The summed E-state index contributed by atoms with van der Waals surface area (Å²) < 4.78 is 0. The minimum absolute atomic E-state index is 0. The smallest absolute Gasteiger partial charge is 0.224 e. The van der Waals surface area contributed by atoms with Crippen LogP contribution in [0.3, 0.4) is 0 Å². The first-order chi connectivity index (χ1) is 9.20. The van der Waals surface area contributed by atoms with Crippen LogP contribution < -0.4 is 10.6 Å². The number of piperidine rings is 2. The monoisotopic (exact) mass is 303 g/mol. The summed E-state index contributed by atoms with van der Waals surface area (Å²) in [6, 6.07) is 0. The second-order valence-electron chi connectivity index (χ2n) is 5.69. The van der Waals surface area contributed by atoms with E-state index in [2.05, 4.69) is 10.6 Å². The molecule has 20 heavy (non-hydrogen) atoms. The van der Waals surface area contributed by atoms with Gasteiger partial charge in [0.2, 0.25) is 11.8 Å². The van der Waals surface area contributed by atoms with E-state index in [1.165, 1.54) is 0 Å². The zero-order valence-corrected chi connectivity index (χ0v) is 13.0. The molecule has 0 saturated carbocycles. The third-order valence-electron chi connectivity index (χ3n) is 4.31. The Balaban J connectivity index is 0.00000200. The molecule has 2 amide bonds. The Morgan fingerprint density at radius 1 is 1.25 bits per heavy atom. The molecule has 0 aromatic heterocycles. The lowest BCUT2D eigenvalue weighted by atomic mass is 9.92. The number of hydrogen-bond acceptors (Lipinski definition) is 3. The predicted octanol–water partition coefficient (Wildman–Crippen LogP) is 0.782. The summed E-state index contributed by atoms with van der Waals surface area (Å²) >= 11 is 0. The Kier molecular flexibility index (Phi) is 7.30. The van der Waals surface area contributed by atoms with Gasteiger partial charge in [-0.3, -0.25) is 9.59 Å². The third-order valence-corrected chi connectivity index (χ3v) is 4.31. The first-order valence-electron chi connectivity index (χ1n) is 7.40. The van der Waals surface area contributed by atoms with Crippen LogP contribution in [0.15, 0.2) is 0 Å². The van der Waals surface area contributed by atoms with Crippen molar-refractivity contribution in [2.45, 2.75) is 32.1 Å². The number of hydrogen-bond donors (Lipinski definition) is 2. The minimum Gasteiger partial charge on any atom is -0.359 e. The van der Waals surface area contributed by atoms with Gasteiger partial charge in [0.1, 0.15) is 0 Å². The standard InChI is InChI=1S/C14H25N3O2.ClH/c1-15-14(19)12-3-2-8-17(10-12)13(18)9-11-4-6-16-7-5-11;/h11-12,16H,2-10H2,1H3,(H,15,19);1H. The van der Waals surface area contributed by atoms with Crippen LogP contribution in [0.2, 0.25) is 0 Å². The van der Waals surface area contributed by atoms with E-state index in [4.69, 9.17) is 0 Å². The molecule has 2 N–H and O–H groups in total. The van der Waals surface area contributed by atoms with Crippen LogP contribution in [0.25, 0.3) is 0 Å². The molecule has 5 nitrogen and oxygen atoms in total. The van der Waals surface area contributed by atoms with Crippen molar-refractivity contribution in [3.63, 3.8) is 0 Å². The van der Waals surface area contributed by atoms with Gasteiger partial charge < -0.3 is 15.5 Å². The van der Waals surface area contributed by atoms with Gasteiger partial charge >= 0.3 is 0 Å². The maximum Gasteiger partial charge on any atom is 0.224 e. The minimum atomic E-state index is -0.0178. The Morgan fingerprint density at radius 2 is 1.95 bits per heavy atom. The largest absolute Gasteiger partial charge is 0.359 e. The average Bonchev–Trinajstić information content (AvgIpc) is 2.47. The van der Waals surface area contributed by atoms with Gasteiger partial charge in [0.25, 0.3) is 0 Å². The summed E-state index contributed by atoms with van der Waals surface area (Å²) in [6.45, 7) is 3.47. The molecule has 0 aromatic carbocycles. The zero-order chi connectivity index (χ0) is 13.7. The molecule has 2 rings (SSSR count). The number of nitrogens with one attached hydrogen (secondary N) is 2. The summed E-state index contributed by atoms with van der Waals surface area (Å²) in [7, 11) is 1.66. The maximum atomic E-state index is 12.3. The van der Waals surface area contributed by atoms with Crippen molar-refractivity contribution < 1.29 is 9.59 Å². The number of carbonyl (C=O) groups excluding carboxylic acids is 2. The number of likely N-dealkylation sites (tertiary alicyclic amines) is 1. The normalized spacial score (nSPS) is 23.9. The second-order valence-corrected chi connectivity index (χ2v) is 5.69. The van der Waals surface area contributed by atoms with Crippen LogP contribution in [0.5, 0.6) is 0 Å². The molecule has 0 aromatic rings. The van der Waals surface area contributed by atoms with E-state index in [9.17, 15) is 9.59 Å². The molecule has 2 fully saturated rings. The molecule has 2 aliphatic rings. The molecule has 6 heteroatoms. The number of amides is 2. The van der Waals surface area contributed by atoms with E-state index in [0.29, 0.717) is 18.9 Å². The summed E-state index contributed by atoms with van der Waals surface area (Å²) in [5.41, 5.74) is 0. The summed E-state index contributed by atoms with van der Waals surface area (Å²) in [5.74, 6) is 0.810. The van der Waals surface area contributed by atoms with Crippen molar-refractivity contribution in [3.8, 4) is 0 Å². The first kappa shape index (κ1) is 17.2. The topological polar surface area (TPSA) is 61.4 Å². The van der Waals surface area contributed by atoms with Crippen molar-refractivity contribution in [3.05, 3.63) is 0 Å². The van der Waals surface area contributed by atoms with Crippen LogP contribution in [0.4, 0.5) is 0 Å². The molecule has 0 spiro atoms. The highest BCUT2D eigenvalue weighted by atomic mass is 35.5. The van der Waals surface area contributed by atoms with Crippen molar-refractivity contribution in [1.82, 2.24) is 15.5 Å². The molecular formula is C14H26ClN3O2. The van der Waals surface area contributed by atoms with Gasteiger partial charge in [0, 0.05) is 26.6 Å². The second kappa shape index (κ2) is 8.47. The van der Waals surface area contributed by atoms with E-state index in [1.807, 2.05) is 4.90 Å². The van der Waals surface area contributed by atoms with Crippen LogP contribution in [0, 0.1) is 11.8 Å². The summed E-state index contributed by atoms with van der Waals surface area (Å²) in [6.07, 6.45) is 4.69. The average molecular weight is 304 g/mol. The van der Waals surface area contributed by atoms with Gasteiger partial charge in [-0.05, 0) is 44.7 Å². The lowest BCUT2D eigenvalue weighted by Gasteiger charge is -2.33. The number of halogens is 1. The lowest BCUT2D eigenvalue weighted by molar-refractivity contribution is -0.136. The van der Waals surface area contributed by atoms with Gasteiger partial charge in [-0.2, -0.15) is 0 Å². The van der Waals surface area contributed by atoms with Gasteiger partial charge in [-0.1, -0.05) is 0 Å². The highest BCUT2D eigenvalue weighted by Crippen LogP contribution is 2.21. The zero-order valence-electron chi connectivity index (χ0n) is 12.2. The number of rotatable bonds is 3. The molecule has 1 unspecified atom stereocenters. The van der Waals surface area contributed by atoms with Crippen molar-refractivity contribution in [2.75, 3.05) is 33.2 Å². The first-order valence-corrected chi connectivity index (χ1v) is 7.40. The molecule has 0 aliphatic carbocycles. The summed E-state index contributed by atoms with van der Waals surface area (Å²) in [5, 5.41) is 6.01. The fourth-order valence-electron chi connectivity index (χ4n) is 3.08. The molecule has 0 radical (unpaired) electrons.